The molecule has 0 aliphatic carbocycles. The second-order valence-corrected chi connectivity index (χ2v) is 5.00. The van der Waals surface area contributed by atoms with E-state index in [0.717, 1.165) is 44.6 Å². The Morgan fingerprint density at radius 1 is 0.762 bits per heavy atom. The van der Waals surface area contributed by atoms with E-state index in [1.807, 2.05) is 42.6 Å². The molecule has 6 nitrogen and oxygen atoms in total. The molecule has 5 rings (SSSR count). The fraction of sp³-hybridized carbons (Fsp3) is 0. The van der Waals surface area contributed by atoms with Crippen LogP contribution in [0.25, 0.3) is 44.6 Å². The van der Waals surface area contributed by atoms with Crippen molar-refractivity contribution in [3.63, 3.8) is 0 Å². The molecule has 0 aliphatic heterocycles. The summed E-state index contributed by atoms with van der Waals surface area (Å²) in [7, 11) is 0. The minimum Gasteiger partial charge on any atom is -0.335 e. The maximum absolute atomic E-state index is 4.62. The van der Waals surface area contributed by atoms with Crippen LogP contribution >= 0.6 is 0 Å². The topological polar surface area (TPSA) is 86.0 Å². The first-order valence-corrected chi connectivity index (χ1v) is 6.65. The molecule has 0 spiro atoms. The number of benzene rings is 2. The summed E-state index contributed by atoms with van der Waals surface area (Å²) in [5.74, 6) is 1.48. The molecule has 0 aliphatic rings. The Kier molecular flexibility index (Phi) is 1.87. The van der Waals surface area contributed by atoms with Gasteiger partial charge >= 0.3 is 0 Å². The fourth-order valence-corrected chi connectivity index (χ4v) is 2.62. The van der Waals surface area contributed by atoms with Crippen molar-refractivity contribution in [2.75, 3.05) is 0 Å². The second kappa shape index (κ2) is 3.69. The van der Waals surface area contributed by atoms with Gasteiger partial charge in [0.1, 0.15) is 0 Å². The first-order valence-electron chi connectivity index (χ1n) is 6.65. The number of fused-ring (bicyclic) bond motifs is 3. The fourth-order valence-electron chi connectivity index (χ4n) is 2.62. The Morgan fingerprint density at radius 2 is 1.57 bits per heavy atom. The molecule has 3 heterocycles. The second-order valence-electron chi connectivity index (χ2n) is 5.00. The Labute approximate surface area is 118 Å². The summed E-state index contributed by atoms with van der Waals surface area (Å²) in [6.45, 7) is 0. The molecular weight excluding hydrogens is 264 g/mol. The molecule has 21 heavy (non-hydrogen) atoms. The van der Waals surface area contributed by atoms with E-state index in [2.05, 4.69) is 30.1 Å². The van der Waals surface area contributed by atoms with E-state index in [-0.39, 0.29) is 0 Å². The van der Waals surface area contributed by atoms with Crippen molar-refractivity contribution in [2.24, 2.45) is 0 Å². The maximum Gasteiger partial charge on any atom is 0.174 e. The van der Waals surface area contributed by atoms with Gasteiger partial charge in [0.25, 0.3) is 0 Å². The number of hydrogen-bond donors (Lipinski definition) is 3. The zero-order chi connectivity index (χ0) is 13.8. The smallest absolute Gasteiger partial charge is 0.174 e. The summed E-state index contributed by atoms with van der Waals surface area (Å²) < 4.78 is 0. The van der Waals surface area contributed by atoms with Crippen LogP contribution in [0.2, 0.25) is 0 Å². The van der Waals surface area contributed by atoms with Crippen molar-refractivity contribution in [1.82, 2.24) is 30.1 Å². The van der Waals surface area contributed by atoms with E-state index < -0.39 is 0 Å². The highest BCUT2D eigenvalue weighted by molar-refractivity contribution is 5.94. The van der Waals surface area contributed by atoms with Crippen molar-refractivity contribution in [2.45, 2.75) is 0 Å². The van der Waals surface area contributed by atoms with Crippen LogP contribution in [-0.2, 0) is 0 Å². The van der Waals surface area contributed by atoms with Crippen molar-refractivity contribution in [3.05, 3.63) is 42.6 Å². The molecule has 0 bridgehead atoms. The van der Waals surface area contributed by atoms with Gasteiger partial charge in [0.15, 0.2) is 11.6 Å². The van der Waals surface area contributed by atoms with Gasteiger partial charge in [0.2, 0.25) is 0 Å². The Morgan fingerprint density at radius 3 is 2.48 bits per heavy atom. The number of H-pyrrole nitrogens is 3. The van der Waals surface area contributed by atoms with Crippen LogP contribution in [0.1, 0.15) is 0 Å². The van der Waals surface area contributed by atoms with Gasteiger partial charge in [-0.05, 0) is 24.3 Å². The maximum atomic E-state index is 4.62. The number of aromatic nitrogens is 6. The van der Waals surface area contributed by atoms with Crippen LogP contribution in [-0.4, -0.2) is 30.1 Å². The minimum atomic E-state index is 0.734. The van der Waals surface area contributed by atoms with Crippen LogP contribution in [0.3, 0.4) is 0 Å². The van der Waals surface area contributed by atoms with Crippen molar-refractivity contribution in [1.29, 1.82) is 0 Å². The first kappa shape index (κ1) is 10.6. The number of para-hydroxylation sites is 2. The quantitative estimate of drug-likeness (QED) is 0.439. The van der Waals surface area contributed by atoms with Crippen LogP contribution in [0.15, 0.2) is 42.6 Å². The first-order chi connectivity index (χ1) is 10.4. The third kappa shape index (κ3) is 1.50. The zero-order valence-electron chi connectivity index (χ0n) is 10.9. The van der Waals surface area contributed by atoms with Gasteiger partial charge in [-0.3, -0.25) is 5.10 Å². The van der Waals surface area contributed by atoms with Gasteiger partial charge in [-0.1, -0.05) is 12.1 Å². The van der Waals surface area contributed by atoms with E-state index in [1.54, 1.807) is 0 Å². The molecule has 2 aromatic carbocycles. The molecule has 0 amide bonds. The molecule has 0 fully saturated rings. The SMILES string of the molecule is c1ccc2[nH]c(-c3nc4cc5c[nH]nc5cc4[nH]3)nc2c1. The highest BCUT2D eigenvalue weighted by Crippen LogP contribution is 2.24. The monoisotopic (exact) mass is 274 g/mol. The molecule has 0 radical (unpaired) electrons. The lowest BCUT2D eigenvalue weighted by Crippen LogP contribution is -1.81. The summed E-state index contributed by atoms with van der Waals surface area (Å²) in [6.07, 6.45) is 1.87. The molecule has 0 saturated heterocycles. The normalized spacial score (nSPS) is 11.8. The number of nitrogens with one attached hydrogen (secondary N) is 3. The summed E-state index contributed by atoms with van der Waals surface area (Å²) in [4.78, 5) is 15.8. The van der Waals surface area contributed by atoms with E-state index in [9.17, 15) is 0 Å². The predicted molar refractivity (Wildman–Crippen MR) is 80.8 cm³/mol. The standard InChI is InChI=1S/C15H10N6/c1-2-4-10-9(3-1)17-14(18-10)15-19-12-5-8-7-16-21-11(8)6-13(12)20-15/h1-7H,(H,16,21)(H,17,18)(H,19,20). The van der Waals surface area contributed by atoms with E-state index in [1.165, 1.54) is 0 Å². The van der Waals surface area contributed by atoms with Crippen LogP contribution in [0.5, 0.6) is 0 Å². The Balaban J connectivity index is 1.75. The molecule has 100 valence electrons. The average molecular weight is 274 g/mol. The predicted octanol–water partition coefficient (Wildman–Crippen LogP) is 2.98. The number of nitrogens with zero attached hydrogens (tertiary/aromatic N) is 3. The zero-order valence-corrected chi connectivity index (χ0v) is 10.9. The van der Waals surface area contributed by atoms with E-state index in [0.29, 0.717) is 0 Å². The summed E-state index contributed by atoms with van der Waals surface area (Å²) >= 11 is 0. The van der Waals surface area contributed by atoms with Gasteiger partial charge in [-0.2, -0.15) is 5.10 Å². The van der Waals surface area contributed by atoms with Crippen molar-refractivity contribution >= 4 is 33.0 Å². The third-order valence-electron chi connectivity index (χ3n) is 3.65. The molecule has 3 N–H and O–H groups in total. The molecule has 0 saturated carbocycles. The van der Waals surface area contributed by atoms with Crippen LogP contribution in [0.4, 0.5) is 0 Å². The molecule has 0 unspecified atom stereocenters. The van der Waals surface area contributed by atoms with Gasteiger partial charge in [0.05, 0.1) is 27.6 Å². The molecule has 3 aromatic heterocycles. The van der Waals surface area contributed by atoms with Gasteiger partial charge < -0.3 is 9.97 Å². The van der Waals surface area contributed by atoms with Crippen LogP contribution in [0, 0.1) is 0 Å². The number of hydrogen-bond acceptors (Lipinski definition) is 3. The number of aromatic amines is 3. The largest absolute Gasteiger partial charge is 0.335 e. The lowest BCUT2D eigenvalue weighted by Gasteiger charge is -1.87. The minimum absolute atomic E-state index is 0.734. The molecule has 6 heteroatoms. The Bertz CT molecular complexity index is 1020. The number of rotatable bonds is 1. The van der Waals surface area contributed by atoms with E-state index in [4.69, 9.17) is 0 Å². The lowest BCUT2D eigenvalue weighted by molar-refractivity contribution is 1.12. The average Bonchev–Trinajstić information content (AvgIpc) is 3.20. The van der Waals surface area contributed by atoms with Gasteiger partial charge in [-0.15, -0.1) is 0 Å². The number of imidazole rings is 2. The lowest BCUT2D eigenvalue weighted by atomic mass is 10.2. The summed E-state index contributed by atoms with van der Waals surface area (Å²) in [6, 6.07) is 11.9. The third-order valence-corrected chi connectivity index (χ3v) is 3.65. The van der Waals surface area contributed by atoms with E-state index >= 15 is 0 Å². The molecule has 5 aromatic rings. The van der Waals surface area contributed by atoms with Crippen molar-refractivity contribution < 1.29 is 0 Å². The summed E-state index contributed by atoms with van der Waals surface area (Å²) in [5.41, 5.74) is 4.71. The molecule has 0 atom stereocenters. The van der Waals surface area contributed by atoms with Crippen LogP contribution < -0.4 is 0 Å². The summed E-state index contributed by atoms with van der Waals surface area (Å²) in [5, 5.41) is 8.09. The highest BCUT2D eigenvalue weighted by atomic mass is 15.1. The van der Waals surface area contributed by atoms with Crippen molar-refractivity contribution in [3.8, 4) is 11.6 Å². The van der Waals surface area contributed by atoms with Gasteiger partial charge in [-0.25, -0.2) is 9.97 Å². The Hall–Kier alpha value is -3.15. The van der Waals surface area contributed by atoms with Gasteiger partial charge in [0, 0.05) is 11.6 Å². The molecular formula is C15H10N6. The highest BCUT2D eigenvalue weighted by Gasteiger charge is 2.11.